The predicted molar refractivity (Wildman–Crippen MR) is 56.0 cm³/mol. The molecule has 1 fully saturated rings. The van der Waals surface area contributed by atoms with Crippen molar-refractivity contribution in [2.24, 2.45) is 0 Å². The minimum atomic E-state index is -1.58. The van der Waals surface area contributed by atoms with E-state index >= 15 is 0 Å². The summed E-state index contributed by atoms with van der Waals surface area (Å²) in [5, 5.41) is 19.6. The number of aromatic nitrogens is 1. The summed E-state index contributed by atoms with van der Waals surface area (Å²) < 4.78 is 13.8. The Bertz CT molecular complexity index is 483. The quantitative estimate of drug-likeness (QED) is 0.763. The van der Waals surface area contributed by atoms with Gasteiger partial charge in [0.2, 0.25) is 0 Å². The Morgan fingerprint density at radius 2 is 2.12 bits per heavy atom. The Balaban J connectivity index is 2.25. The van der Waals surface area contributed by atoms with Crippen LogP contribution in [0.3, 0.4) is 0 Å². The van der Waals surface area contributed by atoms with Crippen molar-refractivity contribution in [3.05, 3.63) is 15.6 Å². The van der Waals surface area contributed by atoms with Gasteiger partial charge in [-0.05, 0) is 12.8 Å². The molecule has 0 aliphatic heterocycles. The molecular weight excluding hydrogens is 251 g/mol. The number of hydrogen-bond acceptors (Lipinski definition) is 4. The molecule has 0 radical (unpaired) electrons. The standard InChI is InChI=1S/C9H9FN2O4S/c10-9(1-2-9)6-5(7(13)14)12-4(17-6)3-11-8(15)16/h11H,1-3H2,(H,13,14)(H,15,16). The molecule has 3 N–H and O–H groups in total. The number of carboxylic acids is 1. The normalized spacial score (nSPS) is 16.5. The monoisotopic (exact) mass is 260 g/mol. The molecule has 0 aromatic carbocycles. The largest absolute Gasteiger partial charge is 0.476 e. The van der Waals surface area contributed by atoms with Gasteiger partial charge in [0.1, 0.15) is 10.7 Å². The topological polar surface area (TPSA) is 99.5 Å². The van der Waals surface area contributed by atoms with Crippen LogP contribution in [-0.4, -0.2) is 27.3 Å². The summed E-state index contributed by atoms with van der Waals surface area (Å²) in [6.07, 6.45) is -0.650. The first kappa shape index (κ1) is 11.8. The third kappa shape index (κ3) is 2.36. The molecule has 1 aromatic heterocycles. The van der Waals surface area contributed by atoms with Crippen LogP contribution in [0.4, 0.5) is 9.18 Å². The van der Waals surface area contributed by atoms with Crippen LogP contribution < -0.4 is 5.32 Å². The van der Waals surface area contributed by atoms with E-state index in [2.05, 4.69) is 10.3 Å². The van der Waals surface area contributed by atoms with E-state index < -0.39 is 17.7 Å². The van der Waals surface area contributed by atoms with Gasteiger partial charge >= 0.3 is 12.1 Å². The lowest BCUT2D eigenvalue weighted by molar-refractivity contribution is 0.0687. The van der Waals surface area contributed by atoms with Crippen LogP contribution in [0.2, 0.25) is 0 Å². The average Bonchev–Trinajstić information content (AvgIpc) is 2.83. The number of carbonyl (C=O) groups is 2. The highest BCUT2D eigenvalue weighted by atomic mass is 32.1. The molecule has 1 saturated carbocycles. The zero-order chi connectivity index (χ0) is 12.6. The third-order valence-corrected chi connectivity index (χ3v) is 3.60. The van der Waals surface area contributed by atoms with E-state index in [1.807, 2.05) is 0 Å². The maximum Gasteiger partial charge on any atom is 0.405 e. The maximum absolute atomic E-state index is 13.8. The molecule has 8 heteroatoms. The highest BCUT2D eigenvalue weighted by Crippen LogP contribution is 2.52. The lowest BCUT2D eigenvalue weighted by Gasteiger charge is -2.00. The van der Waals surface area contributed by atoms with Gasteiger partial charge in [-0.1, -0.05) is 0 Å². The molecule has 0 atom stereocenters. The fourth-order valence-electron chi connectivity index (χ4n) is 1.38. The first-order valence-corrected chi connectivity index (χ1v) is 5.63. The molecular formula is C9H9FN2O4S. The lowest BCUT2D eigenvalue weighted by Crippen LogP contribution is -2.19. The Kier molecular flexibility index (Phi) is 2.74. The molecule has 92 valence electrons. The summed E-state index contributed by atoms with van der Waals surface area (Å²) in [4.78, 5) is 25.0. The van der Waals surface area contributed by atoms with Crippen LogP contribution in [0.25, 0.3) is 0 Å². The van der Waals surface area contributed by atoms with Crippen molar-refractivity contribution in [3.63, 3.8) is 0 Å². The molecule has 1 aromatic rings. The Hall–Kier alpha value is -1.70. The highest BCUT2D eigenvalue weighted by molar-refractivity contribution is 7.12. The highest BCUT2D eigenvalue weighted by Gasteiger charge is 2.49. The van der Waals surface area contributed by atoms with E-state index in [0.29, 0.717) is 12.8 Å². The molecule has 17 heavy (non-hydrogen) atoms. The fraction of sp³-hybridized carbons (Fsp3) is 0.444. The van der Waals surface area contributed by atoms with Crippen molar-refractivity contribution in [1.29, 1.82) is 0 Å². The van der Waals surface area contributed by atoms with Crippen molar-refractivity contribution in [3.8, 4) is 0 Å². The van der Waals surface area contributed by atoms with Crippen LogP contribution in [0.1, 0.15) is 33.2 Å². The Morgan fingerprint density at radius 1 is 1.47 bits per heavy atom. The van der Waals surface area contributed by atoms with Crippen LogP contribution in [0.5, 0.6) is 0 Å². The summed E-state index contributed by atoms with van der Waals surface area (Å²) in [6, 6.07) is 0. The zero-order valence-electron chi connectivity index (χ0n) is 8.57. The van der Waals surface area contributed by atoms with Gasteiger partial charge in [0.25, 0.3) is 0 Å². The summed E-state index contributed by atoms with van der Waals surface area (Å²) >= 11 is 0.906. The predicted octanol–water partition coefficient (Wildman–Crippen LogP) is 1.57. The molecule has 1 heterocycles. The van der Waals surface area contributed by atoms with Crippen LogP contribution >= 0.6 is 11.3 Å². The van der Waals surface area contributed by atoms with Gasteiger partial charge in [0.05, 0.1) is 11.4 Å². The molecule has 2 rings (SSSR count). The number of thiazole rings is 1. The molecule has 6 nitrogen and oxygen atoms in total. The molecule has 0 spiro atoms. The molecule has 0 saturated heterocycles. The van der Waals surface area contributed by atoms with E-state index in [1.165, 1.54) is 0 Å². The van der Waals surface area contributed by atoms with Gasteiger partial charge in [0.15, 0.2) is 5.69 Å². The van der Waals surface area contributed by atoms with Crippen molar-refractivity contribution in [2.75, 3.05) is 0 Å². The number of alkyl halides is 1. The van der Waals surface area contributed by atoms with Crippen LogP contribution in [0.15, 0.2) is 0 Å². The van der Waals surface area contributed by atoms with E-state index in [0.717, 1.165) is 11.3 Å². The Morgan fingerprint density at radius 3 is 2.59 bits per heavy atom. The number of nitrogens with zero attached hydrogens (tertiary/aromatic N) is 1. The molecule has 1 aliphatic rings. The minimum absolute atomic E-state index is 0.0900. The van der Waals surface area contributed by atoms with Crippen LogP contribution in [0, 0.1) is 0 Å². The van der Waals surface area contributed by atoms with Crippen molar-refractivity contribution < 1.29 is 24.2 Å². The first-order valence-electron chi connectivity index (χ1n) is 4.81. The molecule has 0 bridgehead atoms. The smallest absolute Gasteiger partial charge is 0.405 e. The van der Waals surface area contributed by atoms with Gasteiger partial charge in [-0.15, -0.1) is 11.3 Å². The lowest BCUT2D eigenvalue weighted by atomic mass is 10.2. The number of amides is 1. The maximum atomic E-state index is 13.8. The van der Waals surface area contributed by atoms with E-state index in [9.17, 15) is 14.0 Å². The minimum Gasteiger partial charge on any atom is -0.476 e. The van der Waals surface area contributed by atoms with Gasteiger partial charge < -0.3 is 15.5 Å². The van der Waals surface area contributed by atoms with Crippen molar-refractivity contribution in [2.45, 2.75) is 25.1 Å². The first-order chi connectivity index (χ1) is 7.92. The van der Waals surface area contributed by atoms with E-state index in [4.69, 9.17) is 10.2 Å². The zero-order valence-corrected chi connectivity index (χ0v) is 9.38. The number of nitrogens with one attached hydrogen (secondary N) is 1. The third-order valence-electron chi connectivity index (χ3n) is 2.36. The number of carboxylic acid groups (broad SMARTS) is 2. The van der Waals surface area contributed by atoms with Crippen molar-refractivity contribution >= 4 is 23.4 Å². The van der Waals surface area contributed by atoms with Gasteiger partial charge in [0, 0.05) is 0 Å². The second kappa shape index (κ2) is 3.95. The van der Waals surface area contributed by atoms with E-state index in [-0.39, 0.29) is 22.1 Å². The molecule has 1 aliphatic carbocycles. The molecule has 1 amide bonds. The molecule has 0 unspecified atom stereocenters. The van der Waals surface area contributed by atoms with Crippen molar-refractivity contribution in [1.82, 2.24) is 10.3 Å². The van der Waals surface area contributed by atoms with Gasteiger partial charge in [-0.25, -0.2) is 19.0 Å². The summed E-state index contributed by atoms with van der Waals surface area (Å²) in [5.74, 6) is -1.29. The van der Waals surface area contributed by atoms with Gasteiger partial charge in [-0.2, -0.15) is 0 Å². The fourth-order valence-corrected chi connectivity index (χ4v) is 2.51. The number of halogens is 1. The Labute approximate surface area is 99.1 Å². The number of rotatable bonds is 4. The summed E-state index contributed by atoms with van der Waals surface area (Å²) in [6.45, 7) is -0.115. The summed E-state index contributed by atoms with van der Waals surface area (Å²) in [7, 11) is 0. The van der Waals surface area contributed by atoms with Crippen LogP contribution in [-0.2, 0) is 12.2 Å². The summed E-state index contributed by atoms with van der Waals surface area (Å²) in [5.41, 5.74) is -1.88. The van der Waals surface area contributed by atoms with Gasteiger partial charge in [-0.3, -0.25) is 0 Å². The number of hydrogen-bond donors (Lipinski definition) is 3. The number of aromatic carboxylic acids is 1. The van der Waals surface area contributed by atoms with E-state index in [1.54, 1.807) is 0 Å². The SMILES string of the molecule is O=C(O)NCc1nc(C(=O)O)c(C2(F)CC2)s1. The second-order valence-electron chi connectivity index (χ2n) is 3.71. The second-order valence-corrected chi connectivity index (χ2v) is 4.80. The average molecular weight is 260 g/mol.